The Morgan fingerprint density at radius 1 is 1.69 bits per heavy atom. The predicted octanol–water partition coefficient (Wildman–Crippen LogP) is -0.232. The first kappa shape index (κ1) is 11.6. The van der Waals surface area contributed by atoms with Crippen molar-refractivity contribution < 1.29 is 8.42 Å². The Labute approximate surface area is 94.9 Å². The monoisotopic (exact) mass is 244 g/mol. The Bertz CT molecular complexity index is 442. The van der Waals surface area contributed by atoms with Gasteiger partial charge in [0.05, 0.1) is 6.20 Å². The SMILES string of the molecule is CC1CCN(S(=O)(=O)c2cn[nH]c2)C1CN. The van der Waals surface area contributed by atoms with Crippen molar-refractivity contribution in [1.82, 2.24) is 14.5 Å². The van der Waals surface area contributed by atoms with Crippen molar-refractivity contribution in [1.29, 1.82) is 0 Å². The minimum atomic E-state index is -3.43. The second-order valence-corrected chi connectivity index (χ2v) is 6.01. The van der Waals surface area contributed by atoms with E-state index >= 15 is 0 Å². The number of sulfonamides is 1. The van der Waals surface area contributed by atoms with E-state index in [4.69, 9.17) is 5.73 Å². The van der Waals surface area contributed by atoms with Crippen LogP contribution in [0.1, 0.15) is 13.3 Å². The van der Waals surface area contributed by atoms with Gasteiger partial charge in [-0.25, -0.2) is 8.42 Å². The summed E-state index contributed by atoms with van der Waals surface area (Å²) in [5.41, 5.74) is 5.64. The lowest BCUT2D eigenvalue weighted by molar-refractivity contribution is 0.354. The average Bonchev–Trinajstić information content (AvgIpc) is 2.85. The van der Waals surface area contributed by atoms with Crippen LogP contribution in [0.4, 0.5) is 0 Å². The van der Waals surface area contributed by atoms with E-state index in [2.05, 4.69) is 10.2 Å². The van der Waals surface area contributed by atoms with Crippen molar-refractivity contribution in [2.24, 2.45) is 11.7 Å². The molecule has 6 nitrogen and oxygen atoms in total. The fourth-order valence-corrected chi connectivity index (χ4v) is 3.79. The van der Waals surface area contributed by atoms with Gasteiger partial charge in [0.2, 0.25) is 10.0 Å². The van der Waals surface area contributed by atoms with E-state index in [-0.39, 0.29) is 10.9 Å². The first-order valence-corrected chi connectivity index (χ1v) is 6.72. The molecule has 0 aliphatic carbocycles. The molecule has 0 aromatic carbocycles. The van der Waals surface area contributed by atoms with Crippen LogP contribution in [0.3, 0.4) is 0 Å². The minimum Gasteiger partial charge on any atom is -0.329 e. The molecule has 1 aromatic heterocycles. The summed E-state index contributed by atoms with van der Waals surface area (Å²) < 4.78 is 25.9. The summed E-state index contributed by atoms with van der Waals surface area (Å²) in [6.07, 6.45) is 3.58. The third kappa shape index (κ3) is 1.74. The molecule has 1 aliphatic heterocycles. The molecule has 7 heteroatoms. The second kappa shape index (κ2) is 4.15. The number of H-pyrrole nitrogens is 1. The van der Waals surface area contributed by atoms with Crippen LogP contribution < -0.4 is 5.73 Å². The number of nitrogens with zero attached hydrogens (tertiary/aromatic N) is 2. The molecule has 1 fully saturated rings. The molecule has 16 heavy (non-hydrogen) atoms. The van der Waals surface area contributed by atoms with Crippen LogP contribution >= 0.6 is 0 Å². The zero-order valence-electron chi connectivity index (χ0n) is 9.13. The van der Waals surface area contributed by atoms with Gasteiger partial charge in [-0.3, -0.25) is 5.10 Å². The maximum absolute atomic E-state index is 12.2. The van der Waals surface area contributed by atoms with Crippen LogP contribution in [-0.2, 0) is 10.0 Å². The summed E-state index contributed by atoms with van der Waals surface area (Å²) in [6, 6.07) is -0.0973. The molecule has 3 N–H and O–H groups in total. The molecule has 2 unspecified atom stereocenters. The fraction of sp³-hybridized carbons (Fsp3) is 0.667. The highest BCUT2D eigenvalue weighted by molar-refractivity contribution is 7.89. The highest BCUT2D eigenvalue weighted by atomic mass is 32.2. The van der Waals surface area contributed by atoms with Crippen molar-refractivity contribution in [2.75, 3.05) is 13.1 Å². The van der Waals surface area contributed by atoms with Crippen LogP contribution in [-0.4, -0.2) is 42.1 Å². The van der Waals surface area contributed by atoms with Crippen LogP contribution in [0.2, 0.25) is 0 Å². The Morgan fingerprint density at radius 3 is 3.00 bits per heavy atom. The molecule has 0 bridgehead atoms. The molecule has 1 saturated heterocycles. The summed E-state index contributed by atoms with van der Waals surface area (Å²) in [5, 5.41) is 6.18. The minimum absolute atomic E-state index is 0.0973. The lowest BCUT2D eigenvalue weighted by Crippen LogP contribution is -2.42. The molecule has 2 rings (SSSR count). The van der Waals surface area contributed by atoms with Gasteiger partial charge >= 0.3 is 0 Å². The largest absolute Gasteiger partial charge is 0.329 e. The molecular weight excluding hydrogens is 228 g/mol. The smallest absolute Gasteiger partial charge is 0.246 e. The van der Waals surface area contributed by atoms with Gasteiger partial charge in [0.1, 0.15) is 4.90 Å². The van der Waals surface area contributed by atoms with Gasteiger partial charge in [-0.1, -0.05) is 6.92 Å². The molecule has 2 heterocycles. The Morgan fingerprint density at radius 2 is 2.44 bits per heavy atom. The van der Waals surface area contributed by atoms with Crippen LogP contribution in [0.5, 0.6) is 0 Å². The van der Waals surface area contributed by atoms with Crippen molar-refractivity contribution >= 4 is 10.0 Å². The van der Waals surface area contributed by atoms with Crippen LogP contribution in [0, 0.1) is 5.92 Å². The lowest BCUT2D eigenvalue weighted by atomic mass is 10.0. The van der Waals surface area contributed by atoms with Gasteiger partial charge in [0.25, 0.3) is 0 Å². The Kier molecular flexibility index (Phi) is 3.00. The third-order valence-corrected chi connectivity index (χ3v) is 5.04. The molecular formula is C9H16N4O2S. The van der Waals surface area contributed by atoms with E-state index in [1.54, 1.807) is 0 Å². The van der Waals surface area contributed by atoms with Gasteiger partial charge < -0.3 is 5.73 Å². The van der Waals surface area contributed by atoms with E-state index in [1.165, 1.54) is 16.7 Å². The summed E-state index contributed by atoms with van der Waals surface area (Å²) in [7, 11) is -3.43. The number of nitrogens with one attached hydrogen (secondary N) is 1. The lowest BCUT2D eigenvalue weighted by Gasteiger charge is -2.24. The van der Waals surface area contributed by atoms with Gasteiger partial charge in [-0.2, -0.15) is 9.40 Å². The first-order chi connectivity index (χ1) is 7.57. The van der Waals surface area contributed by atoms with Crippen LogP contribution in [0.25, 0.3) is 0 Å². The third-order valence-electron chi connectivity index (χ3n) is 3.15. The molecule has 0 amide bonds. The first-order valence-electron chi connectivity index (χ1n) is 5.28. The summed E-state index contributed by atoms with van der Waals surface area (Å²) in [4.78, 5) is 0.208. The fourth-order valence-electron chi connectivity index (χ4n) is 2.14. The highest BCUT2D eigenvalue weighted by Gasteiger charge is 2.38. The summed E-state index contributed by atoms with van der Waals surface area (Å²) >= 11 is 0. The molecule has 2 atom stereocenters. The Balaban J connectivity index is 2.32. The van der Waals surface area contributed by atoms with Gasteiger partial charge in [0, 0.05) is 25.3 Å². The maximum atomic E-state index is 12.2. The van der Waals surface area contributed by atoms with Crippen molar-refractivity contribution in [3.05, 3.63) is 12.4 Å². The summed E-state index contributed by atoms with van der Waals surface area (Å²) in [5.74, 6) is 0.312. The van der Waals surface area contributed by atoms with E-state index in [0.717, 1.165) is 6.42 Å². The standard InChI is InChI=1S/C9H16N4O2S/c1-7-2-3-13(9(7)4-10)16(14,15)8-5-11-12-6-8/h5-7,9H,2-4,10H2,1H3,(H,11,12). The van der Waals surface area contributed by atoms with Gasteiger partial charge in [-0.15, -0.1) is 0 Å². The number of aromatic nitrogens is 2. The van der Waals surface area contributed by atoms with Gasteiger partial charge in [0.15, 0.2) is 0 Å². The van der Waals surface area contributed by atoms with E-state index in [0.29, 0.717) is 19.0 Å². The van der Waals surface area contributed by atoms with Crippen molar-refractivity contribution in [3.63, 3.8) is 0 Å². The topological polar surface area (TPSA) is 92.1 Å². The average molecular weight is 244 g/mol. The van der Waals surface area contributed by atoms with Crippen LogP contribution in [0.15, 0.2) is 17.3 Å². The molecule has 0 saturated carbocycles. The molecule has 0 radical (unpaired) electrons. The second-order valence-electron chi connectivity index (χ2n) is 4.12. The predicted molar refractivity (Wildman–Crippen MR) is 59.1 cm³/mol. The quantitative estimate of drug-likeness (QED) is 0.768. The van der Waals surface area contributed by atoms with E-state index < -0.39 is 10.0 Å². The number of rotatable bonds is 3. The molecule has 0 spiro atoms. The highest BCUT2D eigenvalue weighted by Crippen LogP contribution is 2.28. The normalized spacial score (nSPS) is 27.4. The Hall–Kier alpha value is -0.920. The zero-order valence-corrected chi connectivity index (χ0v) is 9.94. The molecule has 1 aliphatic rings. The number of hydrogen-bond donors (Lipinski definition) is 2. The van der Waals surface area contributed by atoms with Gasteiger partial charge in [-0.05, 0) is 12.3 Å². The van der Waals surface area contributed by atoms with E-state index in [9.17, 15) is 8.42 Å². The number of hydrogen-bond acceptors (Lipinski definition) is 4. The molecule has 90 valence electrons. The van der Waals surface area contributed by atoms with Crippen molar-refractivity contribution in [2.45, 2.75) is 24.3 Å². The zero-order chi connectivity index (χ0) is 11.8. The van der Waals surface area contributed by atoms with E-state index in [1.807, 2.05) is 6.92 Å². The maximum Gasteiger partial charge on any atom is 0.246 e. The molecule has 1 aromatic rings. The summed E-state index contributed by atoms with van der Waals surface area (Å²) in [6.45, 7) is 2.93. The van der Waals surface area contributed by atoms with Crippen molar-refractivity contribution in [3.8, 4) is 0 Å². The number of nitrogens with two attached hydrogens (primary N) is 1. The number of aromatic amines is 1.